The predicted octanol–water partition coefficient (Wildman–Crippen LogP) is 2.50. The Kier molecular flexibility index (Phi) is 5.92. The molecule has 2 atom stereocenters. The monoisotopic (exact) mass is 321 g/mol. The van der Waals surface area contributed by atoms with Crippen LogP contribution < -0.4 is 11.1 Å². The number of benzene rings is 1. The Morgan fingerprint density at radius 3 is 2.87 bits per heavy atom. The van der Waals surface area contributed by atoms with E-state index in [2.05, 4.69) is 12.2 Å². The van der Waals surface area contributed by atoms with E-state index < -0.39 is 4.92 Å². The number of anilines is 1. The first-order valence-corrected chi connectivity index (χ1v) is 7.92. The van der Waals surface area contributed by atoms with E-state index in [0.29, 0.717) is 19.1 Å². The minimum absolute atomic E-state index is 0.0427. The Morgan fingerprint density at radius 2 is 2.17 bits per heavy atom. The van der Waals surface area contributed by atoms with Crippen LogP contribution in [0, 0.1) is 16.0 Å². The first-order valence-electron chi connectivity index (χ1n) is 7.92. The number of nitro groups is 1. The van der Waals surface area contributed by atoms with Crippen LogP contribution in [0.25, 0.3) is 0 Å². The molecule has 7 nitrogen and oxygen atoms in total. The molecule has 1 aliphatic carbocycles. The molecule has 1 amide bonds. The molecule has 7 heteroatoms. The van der Waals surface area contributed by atoms with Gasteiger partial charge >= 0.3 is 0 Å². The second-order valence-corrected chi connectivity index (χ2v) is 5.96. The van der Waals surface area contributed by atoms with Crippen molar-refractivity contribution in [1.82, 2.24) is 5.32 Å². The fraction of sp³-hybridized carbons (Fsp3) is 0.562. The third-order valence-corrected chi connectivity index (χ3v) is 4.24. The lowest BCUT2D eigenvalue weighted by Crippen LogP contribution is -2.31. The summed E-state index contributed by atoms with van der Waals surface area (Å²) >= 11 is 0. The van der Waals surface area contributed by atoms with Crippen LogP contribution in [0.15, 0.2) is 18.2 Å². The number of nitrogen functional groups attached to an aromatic ring is 1. The maximum Gasteiger partial charge on any atom is 0.292 e. The molecule has 1 aromatic carbocycles. The van der Waals surface area contributed by atoms with Crippen molar-refractivity contribution in [2.24, 2.45) is 5.92 Å². The Balaban J connectivity index is 1.81. The molecule has 0 spiro atoms. The Hall–Kier alpha value is -2.15. The SMILES string of the molecule is CC1CCCCC1OCCNC(=O)c1ccc(N)c([N+](=O)[O-])c1. The van der Waals surface area contributed by atoms with Gasteiger partial charge in [-0.2, -0.15) is 0 Å². The quantitative estimate of drug-likeness (QED) is 0.362. The molecule has 3 N–H and O–H groups in total. The van der Waals surface area contributed by atoms with Gasteiger partial charge in [-0.3, -0.25) is 14.9 Å². The highest BCUT2D eigenvalue weighted by molar-refractivity contribution is 5.95. The van der Waals surface area contributed by atoms with Crippen LogP contribution in [0.5, 0.6) is 0 Å². The summed E-state index contributed by atoms with van der Waals surface area (Å²) in [5.74, 6) is 0.188. The molecule has 0 heterocycles. The first kappa shape index (κ1) is 17.2. The lowest BCUT2D eigenvalue weighted by Gasteiger charge is -2.28. The van der Waals surface area contributed by atoms with Crippen molar-refractivity contribution in [2.75, 3.05) is 18.9 Å². The summed E-state index contributed by atoms with van der Waals surface area (Å²) in [6, 6.07) is 4.03. The molecule has 0 bridgehead atoms. The number of carbonyl (C=O) groups excluding carboxylic acids is 1. The molecule has 1 aliphatic rings. The van der Waals surface area contributed by atoms with E-state index in [0.717, 1.165) is 6.42 Å². The second-order valence-electron chi connectivity index (χ2n) is 5.96. The van der Waals surface area contributed by atoms with Crippen molar-refractivity contribution in [1.29, 1.82) is 0 Å². The highest BCUT2D eigenvalue weighted by Gasteiger charge is 2.21. The molecular weight excluding hydrogens is 298 g/mol. The zero-order valence-electron chi connectivity index (χ0n) is 13.3. The van der Waals surface area contributed by atoms with Crippen LogP contribution in [-0.4, -0.2) is 30.1 Å². The highest BCUT2D eigenvalue weighted by Crippen LogP contribution is 2.26. The van der Waals surface area contributed by atoms with Gasteiger partial charge in [0.1, 0.15) is 5.69 Å². The summed E-state index contributed by atoms with van der Waals surface area (Å²) in [6.45, 7) is 3.01. The molecule has 1 aromatic rings. The molecule has 2 rings (SSSR count). The number of hydrogen-bond donors (Lipinski definition) is 2. The number of rotatable bonds is 6. The van der Waals surface area contributed by atoms with Crippen molar-refractivity contribution >= 4 is 17.3 Å². The van der Waals surface area contributed by atoms with Crippen molar-refractivity contribution in [3.63, 3.8) is 0 Å². The van der Waals surface area contributed by atoms with Gasteiger partial charge in [0.05, 0.1) is 17.6 Å². The lowest BCUT2D eigenvalue weighted by molar-refractivity contribution is -0.383. The number of nitrogens with one attached hydrogen (secondary N) is 1. The molecule has 126 valence electrons. The molecule has 0 aliphatic heterocycles. The Labute approximate surface area is 135 Å². The van der Waals surface area contributed by atoms with E-state index in [1.54, 1.807) is 0 Å². The van der Waals surface area contributed by atoms with Crippen LogP contribution >= 0.6 is 0 Å². The minimum Gasteiger partial charge on any atom is -0.393 e. The van der Waals surface area contributed by atoms with Crippen molar-refractivity contribution in [3.8, 4) is 0 Å². The van der Waals surface area contributed by atoms with Crippen LogP contribution in [-0.2, 0) is 4.74 Å². The summed E-state index contributed by atoms with van der Waals surface area (Å²) in [5, 5.41) is 13.5. The Morgan fingerprint density at radius 1 is 1.43 bits per heavy atom. The molecule has 23 heavy (non-hydrogen) atoms. The maximum atomic E-state index is 12.0. The zero-order chi connectivity index (χ0) is 16.8. The van der Waals surface area contributed by atoms with E-state index in [1.165, 1.54) is 37.5 Å². The number of amides is 1. The summed E-state index contributed by atoms with van der Waals surface area (Å²) in [7, 11) is 0. The highest BCUT2D eigenvalue weighted by atomic mass is 16.6. The summed E-state index contributed by atoms with van der Waals surface area (Å²) < 4.78 is 5.82. The van der Waals surface area contributed by atoms with Crippen LogP contribution in [0.1, 0.15) is 43.0 Å². The van der Waals surface area contributed by atoms with Gasteiger partial charge in [0, 0.05) is 18.2 Å². The normalized spacial score (nSPS) is 20.9. The van der Waals surface area contributed by atoms with Gasteiger partial charge in [-0.25, -0.2) is 0 Å². The van der Waals surface area contributed by atoms with Gasteiger partial charge in [0.25, 0.3) is 11.6 Å². The fourth-order valence-electron chi connectivity index (χ4n) is 2.85. The lowest BCUT2D eigenvalue weighted by atomic mass is 9.88. The standard InChI is InChI=1S/C16H23N3O4/c1-11-4-2-3-5-15(11)23-9-8-18-16(20)12-6-7-13(17)14(10-12)19(21)22/h6-7,10-11,15H,2-5,8-9,17H2,1H3,(H,18,20). The van der Waals surface area contributed by atoms with Gasteiger partial charge in [-0.15, -0.1) is 0 Å². The van der Waals surface area contributed by atoms with Crippen LogP contribution in [0.2, 0.25) is 0 Å². The van der Waals surface area contributed by atoms with Gasteiger partial charge in [0.2, 0.25) is 0 Å². The number of ether oxygens (including phenoxy) is 1. The van der Waals surface area contributed by atoms with Gasteiger partial charge in [0.15, 0.2) is 0 Å². The zero-order valence-corrected chi connectivity index (χ0v) is 13.3. The third-order valence-electron chi connectivity index (χ3n) is 4.24. The minimum atomic E-state index is -0.598. The van der Waals surface area contributed by atoms with Crippen LogP contribution in [0.4, 0.5) is 11.4 Å². The molecular formula is C16H23N3O4. The number of nitro benzene ring substituents is 1. The van der Waals surface area contributed by atoms with Gasteiger partial charge in [-0.05, 0) is 30.9 Å². The van der Waals surface area contributed by atoms with E-state index >= 15 is 0 Å². The molecule has 1 saturated carbocycles. The number of nitrogens with two attached hydrogens (primary N) is 1. The summed E-state index contributed by atoms with van der Waals surface area (Å²) in [4.78, 5) is 22.3. The average Bonchev–Trinajstić information content (AvgIpc) is 2.53. The second kappa shape index (κ2) is 7.92. The molecule has 2 unspecified atom stereocenters. The molecule has 1 fully saturated rings. The number of hydrogen-bond acceptors (Lipinski definition) is 5. The van der Waals surface area contributed by atoms with E-state index in [4.69, 9.17) is 10.5 Å². The number of nitrogens with zero attached hydrogens (tertiary/aromatic N) is 1. The largest absolute Gasteiger partial charge is 0.393 e. The summed E-state index contributed by atoms with van der Waals surface area (Å²) in [5.41, 5.74) is 5.52. The fourth-order valence-corrected chi connectivity index (χ4v) is 2.85. The van der Waals surface area contributed by atoms with Crippen molar-refractivity contribution in [3.05, 3.63) is 33.9 Å². The predicted molar refractivity (Wildman–Crippen MR) is 87.2 cm³/mol. The summed E-state index contributed by atoms with van der Waals surface area (Å²) in [6.07, 6.45) is 4.97. The first-order chi connectivity index (χ1) is 11.0. The van der Waals surface area contributed by atoms with E-state index in [1.807, 2.05) is 0 Å². The smallest absolute Gasteiger partial charge is 0.292 e. The maximum absolute atomic E-state index is 12.0. The number of carbonyl (C=O) groups is 1. The molecule has 0 radical (unpaired) electrons. The van der Waals surface area contributed by atoms with Crippen LogP contribution in [0.3, 0.4) is 0 Å². The van der Waals surface area contributed by atoms with E-state index in [-0.39, 0.29) is 28.9 Å². The van der Waals surface area contributed by atoms with Gasteiger partial charge in [-0.1, -0.05) is 19.8 Å². The Bertz CT molecular complexity index is 576. The van der Waals surface area contributed by atoms with Crippen molar-refractivity contribution in [2.45, 2.75) is 38.7 Å². The average molecular weight is 321 g/mol. The third kappa shape index (κ3) is 4.66. The van der Waals surface area contributed by atoms with Gasteiger partial charge < -0.3 is 15.8 Å². The molecule has 0 saturated heterocycles. The van der Waals surface area contributed by atoms with Crippen molar-refractivity contribution < 1.29 is 14.5 Å². The molecule has 0 aromatic heterocycles. The topological polar surface area (TPSA) is 107 Å². The van der Waals surface area contributed by atoms with E-state index in [9.17, 15) is 14.9 Å².